The Morgan fingerprint density at radius 3 is 2.63 bits per heavy atom. The van der Waals surface area contributed by atoms with E-state index >= 15 is 4.39 Å². The van der Waals surface area contributed by atoms with Crippen molar-refractivity contribution in [3.63, 3.8) is 0 Å². The average molecular weight is 544 g/mol. The van der Waals surface area contributed by atoms with Gasteiger partial charge in [0.2, 0.25) is 5.69 Å². The van der Waals surface area contributed by atoms with Gasteiger partial charge in [-0.15, -0.1) is 0 Å². The van der Waals surface area contributed by atoms with Crippen LogP contribution in [0.25, 0.3) is 15.7 Å². The lowest BCUT2D eigenvalue weighted by molar-refractivity contribution is -0.118. The minimum absolute atomic E-state index is 0.00265. The van der Waals surface area contributed by atoms with Gasteiger partial charge < -0.3 is 15.2 Å². The molecule has 4 aromatic rings. The molecule has 1 aliphatic heterocycles. The van der Waals surface area contributed by atoms with E-state index < -0.39 is 11.4 Å². The summed E-state index contributed by atoms with van der Waals surface area (Å²) in [5, 5.41) is 4.12. The van der Waals surface area contributed by atoms with Gasteiger partial charge in [0.1, 0.15) is 11.4 Å². The second-order valence-corrected chi connectivity index (χ2v) is 10.0. The van der Waals surface area contributed by atoms with Crippen molar-refractivity contribution in [1.29, 1.82) is 0 Å². The van der Waals surface area contributed by atoms with Gasteiger partial charge in [0.05, 0.1) is 12.3 Å². The van der Waals surface area contributed by atoms with Crippen molar-refractivity contribution in [3.05, 3.63) is 100 Å². The molecular formula is C28H19ClFN5O2S. The quantitative estimate of drug-likeness (QED) is 0.235. The Labute approximate surface area is 227 Å². The van der Waals surface area contributed by atoms with Crippen molar-refractivity contribution in [2.24, 2.45) is 0 Å². The van der Waals surface area contributed by atoms with Crippen LogP contribution in [0.4, 0.5) is 21.5 Å². The van der Waals surface area contributed by atoms with Crippen molar-refractivity contribution in [1.82, 2.24) is 10.3 Å². The van der Waals surface area contributed by atoms with Gasteiger partial charge in [-0.05, 0) is 73.6 Å². The van der Waals surface area contributed by atoms with Gasteiger partial charge in [-0.1, -0.05) is 23.7 Å². The zero-order valence-electron chi connectivity index (χ0n) is 19.8. The number of anilines is 2. The summed E-state index contributed by atoms with van der Waals surface area (Å²) in [6, 6.07) is 16.5. The lowest BCUT2D eigenvalue weighted by atomic mass is 10.1. The Balaban J connectivity index is 1.22. The number of hydrogen-bond donors (Lipinski definition) is 2. The molecule has 2 aliphatic rings. The van der Waals surface area contributed by atoms with E-state index in [1.165, 1.54) is 11.0 Å². The molecule has 2 heterocycles. The summed E-state index contributed by atoms with van der Waals surface area (Å²) in [7, 11) is 0. The number of nitrogens with one attached hydrogen (secondary N) is 2. The van der Waals surface area contributed by atoms with E-state index in [1.54, 1.807) is 53.6 Å². The van der Waals surface area contributed by atoms with Gasteiger partial charge in [-0.2, -0.15) is 0 Å². The van der Waals surface area contributed by atoms with E-state index in [-0.39, 0.29) is 34.2 Å². The third-order valence-electron chi connectivity index (χ3n) is 7.00. The number of fused-ring (bicyclic) bond motifs is 1. The normalized spacial score (nSPS) is 15.8. The van der Waals surface area contributed by atoms with Crippen LogP contribution in [0.3, 0.4) is 0 Å². The average Bonchev–Trinajstić information content (AvgIpc) is 3.50. The number of thiocarbonyl (C=S) groups is 1. The molecule has 6 rings (SSSR count). The fourth-order valence-corrected chi connectivity index (χ4v) is 5.52. The molecule has 1 aliphatic carbocycles. The number of nitrogens with zero attached hydrogens (tertiary/aromatic N) is 3. The number of H-pyrrole nitrogens is 1. The highest BCUT2D eigenvalue weighted by Crippen LogP contribution is 2.51. The van der Waals surface area contributed by atoms with Crippen molar-refractivity contribution in [2.75, 3.05) is 9.80 Å². The molecule has 1 saturated heterocycles. The van der Waals surface area contributed by atoms with Crippen molar-refractivity contribution < 1.29 is 14.0 Å². The molecule has 1 spiro atoms. The van der Waals surface area contributed by atoms with Crippen LogP contribution in [0.15, 0.2) is 66.9 Å². The number of benzene rings is 3. The fraction of sp³-hybridized carbons (Fsp3) is 0.143. The maximum atomic E-state index is 15.2. The zero-order valence-corrected chi connectivity index (χ0v) is 21.4. The number of amides is 2. The van der Waals surface area contributed by atoms with Gasteiger partial charge in [-0.3, -0.25) is 14.5 Å². The first-order valence-electron chi connectivity index (χ1n) is 11.8. The summed E-state index contributed by atoms with van der Waals surface area (Å²) >= 11 is 11.9. The van der Waals surface area contributed by atoms with E-state index in [1.807, 2.05) is 12.1 Å². The van der Waals surface area contributed by atoms with Crippen LogP contribution >= 0.6 is 23.8 Å². The zero-order chi connectivity index (χ0) is 26.6. The third-order valence-corrected chi connectivity index (χ3v) is 7.66. The molecule has 0 bridgehead atoms. The number of hydrogen-bond acceptors (Lipinski definition) is 3. The Morgan fingerprint density at radius 1 is 1.13 bits per heavy atom. The highest BCUT2D eigenvalue weighted by molar-refractivity contribution is 7.81. The number of aromatic amines is 1. The molecule has 2 N–H and O–H groups in total. The molecule has 38 heavy (non-hydrogen) atoms. The lowest BCUT2D eigenvalue weighted by Crippen LogP contribution is -2.37. The lowest BCUT2D eigenvalue weighted by Gasteiger charge is -2.24. The van der Waals surface area contributed by atoms with Crippen molar-refractivity contribution in [3.8, 4) is 0 Å². The van der Waals surface area contributed by atoms with Crippen LogP contribution < -0.4 is 15.1 Å². The molecule has 188 valence electrons. The Bertz CT molecular complexity index is 1710. The van der Waals surface area contributed by atoms with Gasteiger partial charge >= 0.3 is 0 Å². The summed E-state index contributed by atoms with van der Waals surface area (Å²) in [6.07, 6.45) is 2.97. The van der Waals surface area contributed by atoms with Gasteiger partial charge in [0.25, 0.3) is 11.8 Å². The van der Waals surface area contributed by atoms with Crippen LogP contribution in [0.5, 0.6) is 0 Å². The molecule has 10 heteroatoms. The number of aromatic nitrogens is 1. The molecule has 1 aromatic heterocycles. The minimum Gasteiger partial charge on any atom is -0.361 e. The van der Waals surface area contributed by atoms with Crippen molar-refractivity contribution in [2.45, 2.75) is 24.9 Å². The maximum Gasteiger partial charge on any atom is 0.259 e. The predicted molar refractivity (Wildman–Crippen MR) is 148 cm³/mol. The van der Waals surface area contributed by atoms with E-state index in [0.29, 0.717) is 35.3 Å². The van der Waals surface area contributed by atoms with E-state index in [2.05, 4.69) is 15.1 Å². The predicted octanol–water partition coefficient (Wildman–Crippen LogP) is 6.11. The second kappa shape index (κ2) is 8.94. The molecule has 2 fully saturated rings. The largest absolute Gasteiger partial charge is 0.361 e. The molecule has 0 atom stereocenters. The molecule has 2 amide bonds. The topological polar surface area (TPSA) is 72.8 Å². The number of carbonyl (C=O) groups is 2. The molecule has 3 aromatic carbocycles. The van der Waals surface area contributed by atoms with E-state index in [9.17, 15) is 9.59 Å². The smallest absolute Gasteiger partial charge is 0.259 e. The SMILES string of the molecule is [C-]#[N+]c1ccc(N2C(=O)C3(CC3)N(c3ccc(CNC(=O)c4ccc5[nH]ccc5c4)c(F)c3)C2=S)cc1Cl. The monoisotopic (exact) mass is 543 g/mol. The number of carbonyl (C=O) groups excluding carboxylic acids is 2. The summed E-state index contributed by atoms with van der Waals surface area (Å²) < 4.78 is 15.2. The third kappa shape index (κ3) is 3.81. The van der Waals surface area contributed by atoms with Crippen LogP contribution in [0.1, 0.15) is 28.8 Å². The van der Waals surface area contributed by atoms with E-state index in [0.717, 1.165) is 10.9 Å². The van der Waals surface area contributed by atoms with Gasteiger partial charge in [0.15, 0.2) is 5.11 Å². The molecular weight excluding hydrogens is 525 g/mol. The summed E-state index contributed by atoms with van der Waals surface area (Å²) in [4.78, 5) is 35.6. The standard InChI is InChI=1S/C28H19ClFN5O2S/c1-31-24-7-5-19(13-21(24)29)34-26(37)28(9-10-28)35(27(34)38)20-4-2-18(22(30)14-20)15-33-25(36)17-3-6-23-16(12-17)8-11-32-23/h2-8,11-14,32H,9-10,15H2,(H,33,36). The van der Waals surface area contributed by atoms with Gasteiger partial charge in [-0.25, -0.2) is 9.24 Å². The maximum absolute atomic E-state index is 15.2. The first-order chi connectivity index (χ1) is 18.3. The van der Waals surface area contributed by atoms with Gasteiger partial charge in [0, 0.05) is 45.5 Å². The Hall–Kier alpha value is -4.26. The van der Waals surface area contributed by atoms with Crippen LogP contribution in [-0.4, -0.2) is 27.4 Å². The summed E-state index contributed by atoms with van der Waals surface area (Å²) in [5.41, 5.74) is 2.06. The Morgan fingerprint density at radius 2 is 1.92 bits per heavy atom. The molecule has 7 nitrogen and oxygen atoms in total. The summed E-state index contributed by atoms with van der Waals surface area (Å²) in [6.45, 7) is 7.19. The molecule has 0 radical (unpaired) electrons. The minimum atomic E-state index is -0.860. The fourth-order valence-electron chi connectivity index (χ4n) is 4.83. The summed E-state index contributed by atoms with van der Waals surface area (Å²) in [5.74, 6) is -1.03. The highest BCUT2D eigenvalue weighted by atomic mass is 35.5. The Kier molecular flexibility index (Phi) is 5.67. The molecule has 1 saturated carbocycles. The first-order valence-corrected chi connectivity index (χ1v) is 12.6. The van der Waals surface area contributed by atoms with Crippen LogP contribution in [-0.2, 0) is 11.3 Å². The van der Waals surface area contributed by atoms with Crippen molar-refractivity contribution >= 4 is 68.7 Å². The highest BCUT2D eigenvalue weighted by Gasteiger charge is 2.64. The van der Waals surface area contributed by atoms with Crippen LogP contribution in [0.2, 0.25) is 5.02 Å². The first kappa shape index (κ1) is 24.1. The van der Waals surface area contributed by atoms with E-state index in [4.69, 9.17) is 30.4 Å². The number of halogens is 2. The second-order valence-electron chi connectivity index (χ2n) is 9.28. The molecule has 0 unspecified atom stereocenters. The number of rotatable bonds is 5. The van der Waals surface area contributed by atoms with Crippen LogP contribution in [0, 0.1) is 12.4 Å².